The van der Waals surface area contributed by atoms with Crippen molar-refractivity contribution in [2.75, 3.05) is 13.7 Å². The molecule has 0 N–H and O–H groups in total. The van der Waals surface area contributed by atoms with Crippen molar-refractivity contribution < 1.29 is 13.9 Å². The normalized spacial score (nSPS) is 25.3. The molecule has 1 aliphatic carbocycles. The zero-order valence-electron chi connectivity index (χ0n) is 13.0. The van der Waals surface area contributed by atoms with E-state index < -0.39 is 5.97 Å². The minimum atomic E-state index is -0.401. The third-order valence-electron chi connectivity index (χ3n) is 5.21. The van der Waals surface area contributed by atoms with Crippen molar-refractivity contribution in [2.45, 2.75) is 57.5 Å². The molecule has 1 aromatic rings. The van der Waals surface area contributed by atoms with Gasteiger partial charge in [-0.2, -0.15) is 0 Å². The van der Waals surface area contributed by atoms with Crippen molar-refractivity contribution in [2.24, 2.45) is 5.92 Å². The number of carbonyl (C=O) groups is 1. The van der Waals surface area contributed by atoms with Crippen LogP contribution in [0.1, 0.15) is 67.8 Å². The summed E-state index contributed by atoms with van der Waals surface area (Å²) < 4.78 is 10.4. The summed E-state index contributed by atoms with van der Waals surface area (Å²) in [6.07, 6.45) is 8.10. The molecule has 0 spiro atoms. The summed E-state index contributed by atoms with van der Waals surface area (Å²) in [5.74, 6) is 1.63. The van der Waals surface area contributed by atoms with Gasteiger partial charge in [-0.3, -0.25) is 4.90 Å². The van der Waals surface area contributed by atoms with E-state index in [4.69, 9.17) is 9.15 Å². The number of hydrogen-bond acceptors (Lipinski definition) is 4. The fourth-order valence-corrected chi connectivity index (χ4v) is 4.10. The fourth-order valence-electron chi connectivity index (χ4n) is 4.10. The predicted molar refractivity (Wildman–Crippen MR) is 80.1 cm³/mol. The summed E-state index contributed by atoms with van der Waals surface area (Å²) in [6.45, 7) is 3.32. The third-order valence-corrected chi connectivity index (χ3v) is 5.21. The number of ether oxygens (including phenoxy) is 1. The molecule has 2 atom stereocenters. The number of likely N-dealkylation sites (tertiary alicyclic amines) is 1. The maximum Gasteiger partial charge on any atom is 0.373 e. The summed E-state index contributed by atoms with van der Waals surface area (Å²) >= 11 is 0. The first-order valence-corrected chi connectivity index (χ1v) is 8.14. The highest BCUT2D eigenvalue weighted by molar-refractivity contribution is 5.86. The van der Waals surface area contributed by atoms with Gasteiger partial charge in [0.2, 0.25) is 5.76 Å². The highest BCUT2D eigenvalue weighted by atomic mass is 16.5. The molecular weight excluding hydrogens is 266 g/mol. The molecule has 0 aromatic carbocycles. The van der Waals surface area contributed by atoms with Gasteiger partial charge in [0.1, 0.15) is 5.76 Å². The van der Waals surface area contributed by atoms with Gasteiger partial charge in [-0.25, -0.2) is 4.79 Å². The highest BCUT2D eigenvalue weighted by Gasteiger charge is 2.36. The van der Waals surface area contributed by atoms with Crippen LogP contribution in [0.25, 0.3) is 0 Å². The molecule has 1 aromatic heterocycles. The van der Waals surface area contributed by atoms with Gasteiger partial charge >= 0.3 is 5.97 Å². The minimum Gasteiger partial charge on any atom is -0.463 e. The van der Waals surface area contributed by atoms with Crippen molar-refractivity contribution in [3.63, 3.8) is 0 Å². The predicted octanol–water partition coefficient (Wildman–Crippen LogP) is 3.78. The number of carbonyl (C=O) groups excluding carboxylic acids is 1. The zero-order valence-corrected chi connectivity index (χ0v) is 13.0. The molecule has 1 aliphatic heterocycles. The Bertz CT molecular complexity index is 490. The SMILES string of the molecule is COC(=O)c1ccc(C(C)N2CCCC2C2CCCC2)o1. The highest BCUT2D eigenvalue weighted by Crippen LogP contribution is 2.39. The maximum absolute atomic E-state index is 11.5. The van der Waals surface area contributed by atoms with Gasteiger partial charge in [0.05, 0.1) is 13.2 Å². The lowest BCUT2D eigenvalue weighted by molar-refractivity contribution is 0.0556. The first kappa shape index (κ1) is 14.6. The van der Waals surface area contributed by atoms with Crippen molar-refractivity contribution >= 4 is 5.97 Å². The van der Waals surface area contributed by atoms with Gasteiger partial charge in [0.15, 0.2) is 0 Å². The molecule has 2 aliphatic rings. The van der Waals surface area contributed by atoms with Gasteiger partial charge in [-0.15, -0.1) is 0 Å². The largest absolute Gasteiger partial charge is 0.463 e. The fraction of sp³-hybridized carbons (Fsp3) is 0.706. The number of esters is 1. The van der Waals surface area contributed by atoms with Crippen LogP contribution in [0.5, 0.6) is 0 Å². The van der Waals surface area contributed by atoms with E-state index in [9.17, 15) is 4.79 Å². The molecule has 21 heavy (non-hydrogen) atoms. The zero-order chi connectivity index (χ0) is 14.8. The average molecular weight is 291 g/mol. The van der Waals surface area contributed by atoms with Crippen molar-refractivity contribution in [1.82, 2.24) is 4.90 Å². The molecule has 0 radical (unpaired) electrons. The van der Waals surface area contributed by atoms with Crippen LogP contribution in [-0.2, 0) is 4.74 Å². The molecule has 4 heteroatoms. The Kier molecular flexibility index (Phi) is 4.34. The van der Waals surface area contributed by atoms with E-state index in [1.807, 2.05) is 6.07 Å². The molecule has 2 heterocycles. The molecule has 2 unspecified atom stereocenters. The van der Waals surface area contributed by atoms with Gasteiger partial charge in [0.25, 0.3) is 0 Å². The number of furan rings is 1. The molecule has 3 rings (SSSR count). The van der Waals surface area contributed by atoms with Gasteiger partial charge in [0, 0.05) is 6.04 Å². The Morgan fingerprint density at radius 1 is 1.29 bits per heavy atom. The lowest BCUT2D eigenvalue weighted by Gasteiger charge is -2.33. The third kappa shape index (κ3) is 2.86. The first-order valence-electron chi connectivity index (χ1n) is 8.14. The lowest BCUT2D eigenvalue weighted by atomic mass is 9.95. The summed E-state index contributed by atoms with van der Waals surface area (Å²) in [5.41, 5.74) is 0. The van der Waals surface area contributed by atoms with Crippen molar-refractivity contribution in [1.29, 1.82) is 0 Å². The average Bonchev–Trinajstić information content (AvgIpc) is 3.25. The van der Waals surface area contributed by atoms with E-state index in [0.29, 0.717) is 11.8 Å². The van der Waals surface area contributed by atoms with Crippen LogP contribution in [0.4, 0.5) is 0 Å². The number of methoxy groups -OCH3 is 1. The van der Waals surface area contributed by atoms with E-state index in [1.165, 1.54) is 45.6 Å². The summed E-state index contributed by atoms with van der Waals surface area (Å²) in [4.78, 5) is 14.1. The smallest absolute Gasteiger partial charge is 0.373 e. The van der Waals surface area contributed by atoms with Crippen LogP contribution >= 0.6 is 0 Å². The van der Waals surface area contributed by atoms with E-state index in [2.05, 4.69) is 11.8 Å². The van der Waals surface area contributed by atoms with Gasteiger partial charge in [-0.05, 0) is 57.2 Å². The molecule has 2 fully saturated rings. The second-order valence-electron chi connectivity index (χ2n) is 6.36. The van der Waals surface area contributed by atoms with Crippen LogP contribution in [0.15, 0.2) is 16.5 Å². The van der Waals surface area contributed by atoms with E-state index in [-0.39, 0.29) is 6.04 Å². The minimum absolute atomic E-state index is 0.233. The van der Waals surface area contributed by atoms with Gasteiger partial charge in [-0.1, -0.05) is 12.8 Å². The van der Waals surface area contributed by atoms with Crippen LogP contribution in [-0.4, -0.2) is 30.6 Å². The molecule has 1 saturated carbocycles. The molecule has 0 amide bonds. The molecule has 116 valence electrons. The van der Waals surface area contributed by atoms with E-state index in [1.54, 1.807) is 6.07 Å². The first-order chi connectivity index (χ1) is 10.2. The van der Waals surface area contributed by atoms with Crippen LogP contribution < -0.4 is 0 Å². The quantitative estimate of drug-likeness (QED) is 0.792. The number of hydrogen-bond donors (Lipinski definition) is 0. The molecule has 4 nitrogen and oxygen atoms in total. The maximum atomic E-state index is 11.5. The second-order valence-corrected chi connectivity index (χ2v) is 6.36. The Hall–Kier alpha value is -1.29. The van der Waals surface area contributed by atoms with Gasteiger partial charge < -0.3 is 9.15 Å². The topological polar surface area (TPSA) is 42.7 Å². The van der Waals surface area contributed by atoms with E-state index >= 15 is 0 Å². The van der Waals surface area contributed by atoms with Crippen LogP contribution in [0.2, 0.25) is 0 Å². The van der Waals surface area contributed by atoms with Crippen molar-refractivity contribution in [3.05, 3.63) is 23.7 Å². The second kappa shape index (κ2) is 6.22. The molecular formula is C17H25NO3. The van der Waals surface area contributed by atoms with Crippen LogP contribution in [0.3, 0.4) is 0 Å². The Balaban J connectivity index is 1.72. The van der Waals surface area contributed by atoms with E-state index in [0.717, 1.165) is 18.2 Å². The standard InChI is InChI=1S/C17H25NO3/c1-12(15-9-10-16(21-15)17(19)20-2)18-11-5-8-14(18)13-6-3-4-7-13/h9-10,12-14H,3-8,11H2,1-2H3. The molecule has 1 saturated heterocycles. The monoisotopic (exact) mass is 291 g/mol. The number of rotatable bonds is 4. The van der Waals surface area contributed by atoms with Crippen LogP contribution in [0, 0.1) is 5.92 Å². The van der Waals surface area contributed by atoms with Crippen molar-refractivity contribution in [3.8, 4) is 0 Å². The lowest BCUT2D eigenvalue weighted by Crippen LogP contribution is -2.36. The molecule has 0 bridgehead atoms. The Labute approximate surface area is 126 Å². The summed E-state index contributed by atoms with van der Waals surface area (Å²) in [6, 6.07) is 4.56. The summed E-state index contributed by atoms with van der Waals surface area (Å²) in [7, 11) is 1.38. The number of nitrogens with zero attached hydrogens (tertiary/aromatic N) is 1. The Morgan fingerprint density at radius 2 is 2.05 bits per heavy atom. The Morgan fingerprint density at radius 3 is 2.76 bits per heavy atom. The summed E-state index contributed by atoms with van der Waals surface area (Å²) in [5, 5.41) is 0.